The lowest BCUT2D eigenvalue weighted by Crippen LogP contribution is -2.36. The standard InChI is InChI=1S/C11H20N2O3S2/c1-13(2)10(11-5-4-7-17-11)9-12-18(14,15)8-6-16-3/h4-5,7,10,12H,6,8-9H2,1-3H3. The number of ether oxygens (including phenoxy) is 1. The van der Waals surface area contributed by atoms with E-state index in [0.717, 1.165) is 4.88 Å². The Hall–Kier alpha value is -0.470. The van der Waals surface area contributed by atoms with E-state index in [1.54, 1.807) is 11.3 Å². The fourth-order valence-corrected chi connectivity index (χ4v) is 3.35. The molecule has 7 heteroatoms. The van der Waals surface area contributed by atoms with Crippen LogP contribution in [0.4, 0.5) is 0 Å². The van der Waals surface area contributed by atoms with E-state index >= 15 is 0 Å². The molecule has 1 heterocycles. The molecule has 0 aliphatic carbocycles. The zero-order chi connectivity index (χ0) is 13.6. The lowest BCUT2D eigenvalue weighted by molar-refractivity contribution is 0.216. The van der Waals surface area contributed by atoms with E-state index in [2.05, 4.69) is 4.72 Å². The fraction of sp³-hybridized carbons (Fsp3) is 0.636. The lowest BCUT2D eigenvalue weighted by atomic mass is 10.2. The summed E-state index contributed by atoms with van der Waals surface area (Å²) in [4.78, 5) is 3.15. The first-order valence-corrected chi connectivity index (χ1v) is 8.15. The van der Waals surface area contributed by atoms with Crippen LogP contribution in [0, 0.1) is 0 Å². The number of likely N-dealkylation sites (N-methyl/N-ethyl adjacent to an activating group) is 1. The average Bonchev–Trinajstić information content (AvgIpc) is 2.79. The highest BCUT2D eigenvalue weighted by molar-refractivity contribution is 7.89. The van der Waals surface area contributed by atoms with E-state index in [-0.39, 0.29) is 18.4 Å². The van der Waals surface area contributed by atoms with Gasteiger partial charge in [0.15, 0.2) is 0 Å². The molecule has 0 saturated heterocycles. The number of hydrogen-bond donors (Lipinski definition) is 1. The van der Waals surface area contributed by atoms with Crippen molar-refractivity contribution in [1.29, 1.82) is 0 Å². The largest absolute Gasteiger partial charge is 0.384 e. The first-order chi connectivity index (χ1) is 8.46. The van der Waals surface area contributed by atoms with Crippen LogP contribution in [-0.2, 0) is 14.8 Å². The minimum atomic E-state index is -3.26. The van der Waals surface area contributed by atoms with E-state index < -0.39 is 10.0 Å². The summed E-state index contributed by atoms with van der Waals surface area (Å²) in [5.41, 5.74) is 0. The van der Waals surface area contributed by atoms with Gasteiger partial charge in [-0.15, -0.1) is 11.3 Å². The minimum Gasteiger partial charge on any atom is -0.384 e. The van der Waals surface area contributed by atoms with Gasteiger partial charge >= 0.3 is 0 Å². The second-order valence-electron chi connectivity index (χ2n) is 4.15. The number of sulfonamides is 1. The Morgan fingerprint density at radius 3 is 2.72 bits per heavy atom. The van der Waals surface area contributed by atoms with E-state index in [1.807, 2.05) is 36.5 Å². The van der Waals surface area contributed by atoms with Gasteiger partial charge in [-0.3, -0.25) is 0 Å². The minimum absolute atomic E-state index is 0.00586. The molecule has 0 amide bonds. The van der Waals surface area contributed by atoms with Crippen molar-refractivity contribution in [1.82, 2.24) is 9.62 Å². The maximum atomic E-state index is 11.7. The smallest absolute Gasteiger partial charge is 0.213 e. The van der Waals surface area contributed by atoms with Crippen LogP contribution < -0.4 is 4.72 Å². The van der Waals surface area contributed by atoms with Crippen LogP contribution in [0.25, 0.3) is 0 Å². The number of methoxy groups -OCH3 is 1. The van der Waals surface area contributed by atoms with Crippen molar-refractivity contribution < 1.29 is 13.2 Å². The van der Waals surface area contributed by atoms with Crippen LogP contribution in [0.15, 0.2) is 17.5 Å². The third-order valence-corrected chi connectivity index (χ3v) is 4.83. The third-order valence-electron chi connectivity index (χ3n) is 2.55. The molecule has 1 aromatic rings. The van der Waals surface area contributed by atoms with Gasteiger partial charge in [-0.2, -0.15) is 0 Å². The predicted molar refractivity (Wildman–Crippen MR) is 74.4 cm³/mol. The summed E-state index contributed by atoms with van der Waals surface area (Å²) >= 11 is 1.63. The first-order valence-electron chi connectivity index (χ1n) is 5.62. The second-order valence-corrected chi connectivity index (χ2v) is 7.06. The van der Waals surface area contributed by atoms with Crippen LogP contribution in [0.5, 0.6) is 0 Å². The number of nitrogens with zero attached hydrogens (tertiary/aromatic N) is 1. The van der Waals surface area contributed by atoms with Crippen LogP contribution in [0.2, 0.25) is 0 Å². The van der Waals surface area contributed by atoms with Gasteiger partial charge in [0.25, 0.3) is 0 Å². The molecular weight excluding hydrogens is 272 g/mol. The van der Waals surface area contributed by atoms with Crippen LogP contribution >= 0.6 is 11.3 Å². The molecule has 0 radical (unpaired) electrons. The Balaban J connectivity index is 2.59. The Morgan fingerprint density at radius 2 is 2.22 bits per heavy atom. The van der Waals surface area contributed by atoms with Gasteiger partial charge in [-0.05, 0) is 25.5 Å². The summed E-state index contributed by atoms with van der Waals surface area (Å²) < 4.78 is 30.8. The van der Waals surface area contributed by atoms with Gasteiger partial charge in [0.2, 0.25) is 10.0 Å². The predicted octanol–water partition coefficient (Wildman–Crippen LogP) is 0.917. The molecule has 0 aromatic carbocycles. The van der Waals surface area contributed by atoms with Crippen molar-refractivity contribution in [2.75, 3.05) is 40.1 Å². The molecule has 1 atom stereocenters. The molecule has 104 valence electrons. The van der Waals surface area contributed by atoms with Crippen LogP contribution in [-0.4, -0.2) is 53.4 Å². The fourth-order valence-electron chi connectivity index (χ4n) is 1.49. The Bertz CT molecular complexity index is 429. The quantitative estimate of drug-likeness (QED) is 0.774. The second kappa shape index (κ2) is 7.20. The van der Waals surface area contributed by atoms with Gasteiger partial charge < -0.3 is 9.64 Å². The molecule has 0 aliphatic heterocycles. The maximum absolute atomic E-state index is 11.7. The van der Waals surface area contributed by atoms with E-state index in [0.29, 0.717) is 6.54 Å². The van der Waals surface area contributed by atoms with Gasteiger partial charge in [0.1, 0.15) is 0 Å². The molecule has 0 fully saturated rings. The highest BCUT2D eigenvalue weighted by Crippen LogP contribution is 2.22. The maximum Gasteiger partial charge on any atom is 0.213 e. The number of thiophene rings is 1. The summed E-state index contributed by atoms with van der Waals surface area (Å²) in [6, 6.07) is 4.04. The Labute approximate surface area is 113 Å². The SMILES string of the molecule is COCCS(=O)(=O)NCC(c1cccs1)N(C)C. The number of hydrogen-bond acceptors (Lipinski definition) is 5. The van der Waals surface area contributed by atoms with Crippen molar-refractivity contribution in [3.05, 3.63) is 22.4 Å². The molecule has 0 aliphatic rings. The normalized spacial score (nSPS) is 14.0. The number of rotatable bonds is 8. The van der Waals surface area contributed by atoms with Crippen molar-refractivity contribution in [3.63, 3.8) is 0 Å². The molecule has 1 rings (SSSR count). The van der Waals surface area contributed by atoms with Crippen molar-refractivity contribution >= 4 is 21.4 Å². The summed E-state index contributed by atoms with van der Waals surface area (Å²) in [7, 11) is 2.11. The monoisotopic (exact) mass is 292 g/mol. The number of nitrogens with one attached hydrogen (secondary N) is 1. The molecular formula is C11H20N2O3S2. The molecule has 0 spiro atoms. The topological polar surface area (TPSA) is 58.6 Å². The van der Waals surface area contributed by atoms with E-state index in [9.17, 15) is 8.42 Å². The Morgan fingerprint density at radius 1 is 1.50 bits per heavy atom. The van der Waals surface area contributed by atoms with Crippen LogP contribution in [0.1, 0.15) is 10.9 Å². The van der Waals surface area contributed by atoms with E-state index in [4.69, 9.17) is 4.74 Å². The average molecular weight is 292 g/mol. The van der Waals surface area contributed by atoms with Crippen LogP contribution in [0.3, 0.4) is 0 Å². The van der Waals surface area contributed by atoms with Gasteiger partial charge in [0, 0.05) is 18.5 Å². The van der Waals surface area contributed by atoms with Crippen molar-refractivity contribution in [2.45, 2.75) is 6.04 Å². The lowest BCUT2D eigenvalue weighted by Gasteiger charge is -2.23. The summed E-state index contributed by atoms with van der Waals surface area (Å²) in [6.45, 7) is 0.584. The van der Waals surface area contributed by atoms with Gasteiger partial charge in [0.05, 0.1) is 18.4 Å². The zero-order valence-electron chi connectivity index (χ0n) is 10.9. The molecule has 0 saturated carbocycles. The highest BCUT2D eigenvalue weighted by atomic mass is 32.2. The zero-order valence-corrected chi connectivity index (χ0v) is 12.6. The van der Waals surface area contributed by atoms with Gasteiger partial charge in [-0.25, -0.2) is 13.1 Å². The summed E-state index contributed by atoms with van der Waals surface area (Å²) in [5.74, 6) is -0.00586. The molecule has 5 nitrogen and oxygen atoms in total. The van der Waals surface area contributed by atoms with E-state index in [1.165, 1.54) is 7.11 Å². The summed E-state index contributed by atoms with van der Waals surface area (Å²) in [5, 5.41) is 1.99. The van der Waals surface area contributed by atoms with Gasteiger partial charge in [-0.1, -0.05) is 6.07 Å². The molecule has 0 bridgehead atoms. The molecule has 1 aromatic heterocycles. The Kier molecular flexibility index (Phi) is 6.24. The molecule has 1 N–H and O–H groups in total. The summed E-state index contributed by atoms with van der Waals surface area (Å²) in [6.07, 6.45) is 0. The molecule has 1 unspecified atom stereocenters. The van der Waals surface area contributed by atoms with Crippen molar-refractivity contribution in [3.8, 4) is 0 Å². The first kappa shape index (κ1) is 15.6. The van der Waals surface area contributed by atoms with Crippen molar-refractivity contribution in [2.24, 2.45) is 0 Å². The highest BCUT2D eigenvalue weighted by Gasteiger charge is 2.18. The molecule has 18 heavy (non-hydrogen) atoms. The third kappa shape index (κ3) is 5.03.